The molecule has 5 nitrogen and oxygen atoms in total. The van der Waals surface area contributed by atoms with Gasteiger partial charge in [0.05, 0.1) is 6.10 Å². The number of aliphatic hydroxyl groups excluding tert-OH is 1. The second kappa shape index (κ2) is 8.23. The predicted molar refractivity (Wildman–Crippen MR) is 108 cm³/mol. The summed E-state index contributed by atoms with van der Waals surface area (Å²) in [4.78, 5) is 26.7. The number of thiophene rings is 1. The first kappa shape index (κ1) is 19.6. The van der Waals surface area contributed by atoms with Crippen LogP contribution >= 0.6 is 11.3 Å². The monoisotopic (exact) mass is 386 g/mol. The first-order valence-electron chi connectivity index (χ1n) is 9.34. The zero-order chi connectivity index (χ0) is 19.4. The number of benzene rings is 1. The summed E-state index contributed by atoms with van der Waals surface area (Å²) < 4.78 is 0. The highest BCUT2D eigenvalue weighted by molar-refractivity contribution is 7.12. The van der Waals surface area contributed by atoms with Crippen molar-refractivity contribution in [3.05, 3.63) is 51.7 Å². The summed E-state index contributed by atoms with van der Waals surface area (Å²) in [5.41, 5.74) is 1.42. The lowest BCUT2D eigenvalue weighted by atomic mass is 9.84. The number of rotatable bonds is 5. The number of aryl methyl sites for hydroxylation is 1. The fourth-order valence-electron chi connectivity index (χ4n) is 3.65. The van der Waals surface area contributed by atoms with Crippen molar-refractivity contribution in [2.24, 2.45) is 0 Å². The van der Waals surface area contributed by atoms with E-state index in [4.69, 9.17) is 0 Å². The normalized spacial score (nSPS) is 16.7. The van der Waals surface area contributed by atoms with Crippen LogP contribution in [0, 0.1) is 6.92 Å². The molecule has 0 spiro atoms. The second-order valence-electron chi connectivity index (χ2n) is 7.32. The second-order valence-corrected chi connectivity index (χ2v) is 8.43. The van der Waals surface area contributed by atoms with Gasteiger partial charge in [0.1, 0.15) is 0 Å². The average molecular weight is 387 g/mol. The van der Waals surface area contributed by atoms with E-state index in [0.717, 1.165) is 36.1 Å². The van der Waals surface area contributed by atoms with Gasteiger partial charge in [0, 0.05) is 27.4 Å². The van der Waals surface area contributed by atoms with Crippen LogP contribution in [0.25, 0.3) is 0 Å². The van der Waals surface area contributed by atoms with Crippen molar-refractivity contribution >= 4 is 28.8 Å². The molecule has 1 atom stereocenters. The Morgan fingerprint density at radius 3 is 2.48 bits per heavy atom. The molecule has 2 amide bonds. The molecule has 0 aliphatic heterocycles. The predicted octanol–water partition coefficient (Wildman–Crippen LogP) is 3.68. The van der Waals surface area contributed by atoms with Gasteiger partial charge in [-0.1, -0.05) is 31.0 Å². The molecule has 3 N–H and O–H groups in total. The number of amides is 2. The van der Waals surface area contributed by atoms with Gasteiger partial charge in [0.25, 0.3) is 0 Å². The summed E-state index contributed by atoms with van der Waals surface area (Å²) in [7, 11) is 0. The highest BCUT2D eigenvalue weighted by atomic mass is 32.1. The molecule has 6 heteroatoms. The summed E-state index contributed by atoms with van der Waals surface area (Å²) in [5.74, 6) is -1.26. The third-order valence-electron chi connectivity index (χ3n) is 5.31. The lowest BCUT2D eigenvalue weighted by molar-refractivity contribution is -0.136. The van der Waals surface area contributed by atoms with Crippen LogP contribution in [0.15, 0.2) is 36.4 Å². The van der Waals surface area contributed by atoms with E-state index in [-0.39, 0.29) is 5.41 Å². The molecule has 2 aromatic rings. The summed E-state index contributed by atoms with van der Waals surface area (Å²) >= 11 is 1.60. The first-order valence-corrected chi connectivity index (χ1v) is 10.2. The molecule has 1 aromatic carbocycles. The van der Waals surface area contributed by atoms with E-state index in [1.807, 2.05) is 31.2 Å². The minimum absolute atomic E-state index is 0.142. The van der Waals surface area contributed by atoms with Crippen molar-refractivity contribution in [3.8, 4) is 0 Å². The topological polar surface area (TPSA) is 78.4 Å². The number of carbonyl (C=O) groups is 2. The Morgan fingerprint density at radius 2 is 1.85 bits per heavy atom. The van der Waals surface area contributed by atoms with Gasteiger partial charge in [-0.2, -0.15) is 0 Å². The van der Waals surface area contributed by atoms with Gasteiger partial charge < -0.3 is 15.7 Å². The van der Waals surface area contributed by atoms with Crippen molar-refractivity contribution in [1.82, 2.24) is 5.32 Å². The van der Waals surface area contributed by atoms with E-state index in [1.165, 1.54) is 4.88 Å². The number of anilines is 1. The fourth-order valence-corrected chi connectivity index (χ4v) is 4.84. The molecule has 1 aliphatic carbocycles. The Bertz CT molecular complexity index is 822. The van der Waals surface area contributed by atoms with E-state index >= 15 is 0 Å². The van der Waals surface area contributed by atoms with Crippen LogP contribution in [0.3, 0.4) is 0 Å². The van der Waals surface area contributed by atoms with Gasteiger partial charge in [0.2, 0.25) is 0 Å². The molecular formula is C21H26N2O3S. The molecule has 1 aromatic heterocycles. The average Bonchev–Trinajstić information content (AvgIpc) is 3.31. The molecule has 144 valence electrons. The highest BCUT2D eigenvalue weighted by Gasteiger charge is 2.37. The van der Waals surface area contributed by atoms with Crippen LogP contribution < -0.4 is 10.6 Å². The van der Waals surface area contributed by atoms with Crippen molar-refractivity contribution in [3.63, 3.8) is 0 Å². The molecule has 0 bridgehead atoms. The minimum atomic E-state index is -0.645. The SMILES string of the molecule is Cc1ccccc1NC(=O)C(=O)NCC1(c2ccc(C(C)O)s2)CCCC1. The molecule has 3 rings (SSSR count). The van der Waals surface area contributed by atoms with Crippen LogP contribution in [-0.2, 0) is 15.0 Å². The Balaban J connectivity index is 1.66. The maximum Gasteiger partial charge on any atom is 0.313 e. The summed E-state index contributed by atoms with van der Waals surface area (Å²) in [6, 6.07) is 11.4. The van der Waals surface area contributed by atoms with E-state index in [0.29, 0.717) is 12.2 Å². The van der Waals surface area contributed by atoms with Crippen molar-refractivity contribution in [1.29, 1.82) is 0 Å². The van der Waals surface area contributed by atoms with Crippen molar-refractivity contribution < 1.29 is 14.7 Å². The molecule has 1 heterocycles. The molecule has 0 radical (unpaired) electrons. The van der Waals surface area contributed by atoms with Gasteiger partial charge in [-0.15, -0.1) is 11.3 Å². The highest BCUT2D eigenvalue weighted by Crippen LogP contribution is 2.44. The zero-order valence-electron chi connectivity index (χ0n) is 15.7. The van der Waals surface area contributed by atoms with E-state index in [9.17, 15) is 14.7 Å². The number of hydrogen-bond acceptors (Lipinski definition) is 4. The van der Waals surface area contributed by atoms with Gasteiger partial charge in [-0.25, -0.2) is 0 Å². The molecule has 1 unspecified atom stereocenters. The minimum Gasteiger partial charge on any atom is -0.388 e. The van der Waals surface area contributed by atoms with Gasteiger partial charge in [-0.05, 0) is 50.5 Å². The van der Waals surface area contributed by atoms with Crippen molar-refractivity contribution in [2.45, 2.75) is 51.0 Å². The smallest absolute Gasteiger partial charge is 0.313 e. The largest absolute Gasteiger partial charge is 0.388 e. The number of carbonyl (C=O) groups excluding carboxylic acids is 2. The third kappa shape index (κ3) is 4.39. The number of nitrogens with one attached hydrogen (secondary N) is 2. The number of hydrogen-bond donors (Lipinski definition) is 3. The fraction of sp³-hybridized carbons (Fsp3) is 0.429. The molecule has 1 saturated carbocycles. The summed E-state index contributed by atoms with van der Waals surface area (Å²) in [6.45, 7) is 4.08. The van der Waals surface area contributed by atoms with Crippen molar-refractivity contribution in [2.75, 3.05) is 11.9 Å². The zero-order valence-corrected chi connectivity index (χ0v) is 16.6. The van der Waals surface area contributed by atoms with Crippen LogP contribution in [0.5, 0.6) is 0 Å². The Morgan fingerprint density at radius 1 is 1.15 bits per heavy atom. The molecule has 0 saturated heterocycles. The molecule has 1 aliphatic rings. The standard InChI is InChI=1S/C21H26N2O3S/c1-14-7-3-4-8-16(14)23-20(26)19(25)22-13-21(11-5-6-12-21)18-10-9-17(27-18)15(2)24/h3-4,7-10,15,24H,5-6,11-13H2,1-2H3,(H,22,25)(H,23,26). The maximum absolute atomic E-state index is 12.3. The van der Waals surface area contributed by atoms with E-state index in [2.05, 4.69) is 16.7 Å². The van der Waals surface area contributed by atoms with Gasteiger partial charge in [0.15, 0.2) is 0 Å². The lowest BCUT2D eigenvalue weighted by Crippen LogP contribution is -2.43. The Hall–Kier alpha value is -2.18. The lowest BCUT2D eigenvalue weighted by Gasteiger charge is -2.28. The Kier molecular flexibility index (Phi) is 5.97. The maximum atomic E-state index is 12.3. The number of aliphatic hydroxyl groups is 1. The number of para-hydroxylation sites is 1. The van der Waals surface area contributed by atoms with Crippen LogP contribution in [0.2, 0.25) is 0 Å². The Labute approximate surface area is 163 Å². The molecule has 1 fully saturated rings. The molecular weight excluding hydrogens is 360 g/mol. The third-order valence-corrected chi connectivity index (χ3v) is 6.81. The van der Waals surface area contributed by atoms with Crippen LogP contribution in [0.4, 0.5) is 5.69 Å². The van der Waals surface area contributed by atoms with E-state index < -0.39 is 17.9 Å². The summed E-state index contributed by atoms with van der Waals surface area (Å²) in [5, 5.41) is 15.3. The van der Waals surface area contributed by atoms with E-state index in [1.54, 1.807) is 24.3 Å². The van der Waals surface area contributed by atoms with Crippen LogP contribution in [0.1, 0.15) is 54.0 Å². The van der Waals surface area contributed by atoms with Gasteiger partial charge in [-0.3, -0.25) is 9.59 Å². The first-order chi connectivity index (χ1) is 12.9. The van der Waals surface area contributed by atoms with Crippen LogP contribution in [-0.4, -0.2) is 23.5 Å². The quantitative estimate of drug-likeness (QED) is 0.686. The molecule has 27 heavy (non-hydrogen) atoms. The van der Waals surface area contributed by atoms with Gasteiger partial charge >= 0.3 is 11.8 Å². The summed E-state index contributed by atoms with van der Waals surface area (Å²) in [6.07, 6.45) is 3.68.